The summed E-state index contributed by atoms with van der Waals surface area (Å²) in [6.07, 6.45) is 3.69. The predicted molar refractivity (Wildman–Crippen MR) is 107 cm³/mol. The van der Waals surface area contributed by atoms with Crippen LogP contribution in [-0.2, 0) is 18.5 Å². The van der Waals surface area contributed by atoms with E-state index in [2.05, 4.69) is 25.8 Å². The largest absolute Gasteiger partial charge is 0.356 e. The predicted octanol–water partition coefficient (Wildman–Crippen LogP) is 2.45. The van der Waals surface area contributed by atoms with Crippen LogP contribution in [0.5, 0.6) is 0 Å². The van der Waals surface area contributed by atoms with Crippen LogP contribution in [0, 0.1) is 5.82 Å². The number of benzene rings is 1. The second-order valence-corrected chi connectivity index (χ2v) is 6.07. The maximum atomic E-state index is 14.1. The summed E-state index contributed by atoms with van der Waals surface area (Å²) in [5.41, 5.74) is 0.672. The lowest BCUT2D eigenvalue weighted by Crippen LogP contribution is -2.41. The Morgan fingerprint density at radius 3 is 2.72 bits per heavy atom. The van der Waals surface area contributed by atoms with Gasteiger partial charge in [-0.15, -0.1) is 34.2 Å². The van der Waals surface area contributed by atoms with E-state index in [0.29, 0.717) is 19.0 Å². The second-order valence-electron chi connectivity index (χ2n) is 6.07. The first-order chi connectivity index (χ1) is 11.7. The van der Waals surface area contributed by atoms with Gasteiger partial charge in [-0.3, -0.25) is 4.99 Å². The van der Waals surface area contributed by atoms with Gasteiger partial charge in [0.2, 0.25) is 0 Å². The molecule has 1 saturated carbocycles. The average Bonchev–Trinajstić information content (AvgIpc) is 3.25. The Morgan fingerprint density at radius 2 is 2.08 bits per heavy atom. The van der Waals surface area contributed by atoms with Crippen molar-refractivity contribution in [2.24, 2.45) is 4.99 Å². The fraction of sp³-hybridized carbons (Fsp3) is 0.471. The van der Waals surface area contributed by atoms with E-state index >= 15 is 0 Å². The van der Waals surface area contributed by atoms with Crippen LogP contribution in [0.2, 0.25) is 0 Å². The van der Waals surface area contributed by atoms with Gasteiger partial charge in [-0.25, -0.2) is 4.39 Å². The van der Waals surface area contributed by atoms with Crippen molar-refractivity contribution < 1.29 is 4.39 Å². The number of hydrogen-bond acceptors (Lipinski definition) is 3. The summed E-state index contributed by atoms with van der Waals surface area (Å²) in [7, 11) is 1.72. The molecule has 6 nitrogen and oxygen atoms in total. The van der Waals surface area contributed by atoms with Crippen LogP contribution in [0.4, 0.5) is 4.39 Å². The van der Waals surface area contributed by atoms with Gasteiger partial charge in [0, 0.05) is 25.6 Å². The lowest BCUT2D eigenvalue weighted by Gasteiger charge is -2.19. The van der Waals surface area contributed by atoms with Crippen LogP contribution < -0.4 is 10.6 Å². The molecule has 0 saturated heterocycles. The number of aryl methyl sites for hydroxylation is 1. The zero-order valence-corrected chi connectivity index (χ0v) is 16.8. The molecule has 0 bridgehead atoms. The first-order valence-electron chi connectivity index (χ1n) is 8.25. The van der Waals surface area contributed by atoms with Crippen molar-refractivity contribution in [3.8, 4) is 0 Å². The molecule has 3 rings (SSSR count). The minimum atomic E-state index is -0.129. The molecule has 2 N–H and O–H groups in total. The van der Waals surface area contributed by atoms with Crippen LogP contribution >= 0.6 is 24.0 Å². The fourth-order valence-electron chi connectivity index (χ4n) is 2.90. The van der Waals surface area contributed by atoms with Crippen LogP contribution in [0.3, 0.4) is 0 Å². The molecule has 0 unspecified atom stereocenters. The molecule has 1 aromatic carbocycles. The fourth-order valence-corrected chi connectivity index (χ4v) is 2.90. The molecule has 0 atom stereocenters. The minimum Gasteiger partial charge on any atom is -0.356 e. The highest BCUT2D eigenvalue weighted by Gasteiger charge is 2.45. The zero-order valence-electron chi connectivity index (χ0n) is 14.5. The lowest BCUT2D eigenvalue weighted by molar-refractivity contribution is 0.559. The van der Waals surface area contributed by atoms with Crippen molar-refractivity contribution in [3.05, 3.63) is 47.8 Å². The van der Waals surface area contributed by atoms with Crippen LogP contribution in [0.15, 0.2) is 35.6 Å². The zero-order chi connectivity index (χ0) is 17.0. The van der Waals surface area contributed by atoms with Crippen molar-refractivity contribution >= 4 is 29.9 Å². The van der Waals surface area contributed by atoms with Crippen molar-refractivity contribution in [1.82, 2.24) is 25.4 Å². The summed E-state index contributed by atoms with van der Waals surface area (Å²) >= 11 is 0. The van der Waals surface area contributed by atoms with Gasteiger partial charge in [0.1, 0.15) is 12.1 Å². The summed E-state index contributed by atoms with van der Waals surface area (Å²) in [6.45, 7) is 4.08. The third-order valence-corrected chi connectivity index (χ3v) is 4.57. The molecule has 0 radical (unpaired) electrons. The van der Waals surface area contributed by atoms with Crippen molar-refractivity contribution in [1.29, 1.82) is 0 Å². The number of nitrogens with zero attached hydrogens (tertiary/aromatic N) is 4. The maximum Gasteiger partial charge on any atom is 0.191 e. The summed E-state index contributed by atoms with van der Waals surface area (Å²) in [4.78, 5) is 4.23. The van der Waals surface area contributed by atoms with Gasteiger partial charge in [0.05, 0.1) is 6.54 Å². The molecule has 1 aliphatic carbocycles. The van der Waals surface area contributed by atoms with Gasteiger partial charge in [-0.2, -0.15) is 0 Å². The van der Waals surface area contributed by atoms with E-state index in [1.807, 2.05) is 23.6 Å². The van der Waals surface area contributed by atoms with Crippen LogP contribution in [0.1, 0.15) is 31.2 Å². The van der Waals surface area contributed by atoms with Gasteiger partial charge in [-0.1, -0.05) is 18.2 Å². The Bertz CT molecular complexity index is 725. The van der Waals surface area contributed by atoms with E-state index in [1.54, 1.807) is 19.4 Å². The van der Waals surface area contributed by atoms with Gasteiger partial charge in [0.15, 0.2) is 11.8 Å². The number of nitrogens with one attached hydrogen (secondary N) is 2. The third-order valence-electron chi connectivity index (χ3n) is 4.57. The molecule has 136 valence electrons. The SMILES string of the molecule is CCn1cnnc1CNC(=NC)NCC1(c2ccccc2F)CC1.I. The molecule has 2 aromatic rings. The Balaban J connectivity index is 0.00000225. The summed E-state index contributed by atoms with van der Waals surface area (Å²) in [5, 5.41) is 14.6. The number of guanidine groups is 1. The standard InChI is InChI=1S/C17H23FN6.HI/c1-3-24-12-22-23-15(24)10-20-16(19-2)21-11-17(8-9-17)13-6-4-5-7-14(13)18;/h4-7,12H,3,8-11H2,1-2H3,(H2,19,20,21);1H. The first-order valence-corrected chi connectivity index (χ1v) is 8.25. The van der Waals surface area contributed by atoms with Gasteiger partial charge in [0.25, 0.3) is 0 Å². The molecule has 1 fully saturated rings. The molecule has 1 aromatic heterocycles. The van der Waals surface area contributed by atoms with Gasteiger partial charge in [-0.05, 0) is 31.4 Å². The monoisotopic (exact) mass is 458 g/mol. The first kappa shape index (κ1) is 19.6. The number of hydrogen-bond donors (Lipinski definition) is 2. The van der Waals surface area contributed by atoms with E-state index in [-0.39, 0.29) is 35.2 Å². The lowest BCUT2D eigenvalue weighted by atomic mass is 9.95. The molecular weight excluding hydrogens is 434 g/mol. The quantitative estimate of drug-likeness (QED) is 0.397. The van der Waals surface area contributed by atoms with Gasteiger partial charge >= 0.3 is 0 Å². The normalized spacial score (nSPS) is 15.4. The molecular formula is C17H24FIN6. The molecule has 0 amide bonds. The van der Waals surface area contributed by atoms with E-state index in [4.69, 9.17) is 0 Å². The highest BCUT2D eigenvalue weighted by molar-refractivity contribution is 14.0. The molecule has 25 heavy (non-hydrogen) atoms. The Hall–Kier alpha value is -1.71. The Labute approximate surface area is 164 Å². The number of rotatable bonds is 6. The van der Waals surface area contributed by atoms with E-state index < -0.39 is 0 Å². The van der Waals surface area contributed by atoms with Crippen molar-refractivity contribution in [3.63, 3.8) is 0 Å². The Morgan fingerprint density at radius 1 is 1.32 bits per heavy atom. The highest BCUT2D eigenvalue weighted by atomic mass is 127. The third kappa shape index (κ3) is 4.47. The highest BCUT2D eigenvalue weighted by Crippen LogP contribution is 2.48. The molecule has 8 heteroatoms. The smallest absolute Gasteiger partial charge is 0.191 e. The van der Waals surface area contributed by atoms with Crippen LogP contribution in [-0.4, -0.2) is 34.3 Å². The Kier molecular flexibility index (Phi) is 6.74. The molecule has 1 heterocycles. The van der Waals surface area contributed by atoms with Crippen molar-refractivity contribution in [2.75, 3.05) is 13.6 Å². The molecule has 0 aliphatic heterocycles. The number of halogens is 2. The summed E-state index contributed by atoms with van der Waals surface area (Å²) < 4.78 is 16.0. The average molecular weight is 458 g/mol. The number of aromatic nitrogens is 3. The minimum absolute atomic E-state index is 0. The van der Waals surface area contributed by atoms with Crippen LogP contribution in [0.25, 0.3) is 0 Å². The topological polar surface area (TPSA) is 67.1 Å². The van der Waals surface area contributed by atoms with E-state index in [0.717, 1.165) is 30.8 Å². The second kappa shape index (κ2) is 8.59. The summed E-state index contributed by atoms with van der Waals surface area (Å²) in [5.74, 6) is 1.41. The van der Waals surface area contributed by atoms with Crippen molar-refractivity contribution in [2.45, 2.75) is 38.3 Å². The summed E-state index contributed by atoms with van der Waals surface area (Å²) in [6, 6.07) is 7.03. The molecule has 0 spiro atoms. The maximum absolute atomic E-state index is 14.1. The van der Waals surface area contributed by atoms with Gasteiger partial charge < -0.3 is 15.2 Å². The number of aliphatic imine (C=N–C) groups is 1. The van der Waals surface area contributed by atoms with E-state index in [9.17, 15) is 4.39 Å². The molecule has 1 aliphatic rings. The van der Waals surface area contributed by atoms with E-state index in [1.165, 1.54) is 6.07 Å².